The Balaban J connectivity index is 1.29. The molecule has 25 heavy (non-hydrogen) atoms. The molecule has 0 bridgehead atoms. The zero-order chi connectivity index (χ0) is 16.9. The number of amides is 1. The number of piperidine rings is 1. The van der Waals surface area contributed by atoms with E-state index in [9.17, 15) is 4.79 Å². The molecule has 134 valence electrons. The van der Waals surface area contributed by atoms with Gasteiger partial charge in [-0.25, -0.2) is 4.98 Å². The van der Waals surface area contributed by atoms with E-state index in [-0.39, 0.29) is 11.5 Å². The molecule has 2 unspecified atom stereocenters. The number of aromatic nitrogens is 2. The van der Waals surface area contributed by atoms with Crippen molar-refractivity contribution in [1.82, 2.24) is 14.9 Å². The van der Waals surface area contributed by atoms with Crippen LogP contribution in [0.25, 0.3) is 0 Å². The lowest BCUT2D eigenvalue weighted by atomic mass is 9.90. The van der Waals surface area contributed by atoms with Crippen LogP contribution in [0.15, 0.2) is 18.6 Å². The molecule has 1 aromatic heterocycles. The van der Waals surface area contributed by atoms with Crippen molar-refractivity contribution >= 4 is 11.7 Å². The van der Waals surface area contributed by atoms with Crippen LogP contribution in [0.4, 0.5) is 5.82 Å². The van der Waals surface area contributed by atoms with Crippen LogP contribution in [0.1, 0.15) is 12.8 Å². The van der Waals surface area contributed by atoms with Crippen LogP contribution in [0, 0.1) is 17.8 Å². The second kappa shape index (κ2) is 5.92. The van der Waals surface area contributed by atoms with E-state index in [0.29, 0.717) is 37.4 Å². The van der Waals surface area contributed by atoms with Crippen LogP contribution in [0.5, 0.6) is 0 Å². The third-order valence-corrected chi connectivity index (χ3v) is 6.21. The highest BCUT2D eigenvalue weighted by Gasteiger charge is 2.59. The van der Waals surface area contributed by atoms with E-state index >= 15 is 0 Å². The van der Waals surface area contributed by atoms with Crippen LogP contribution >= 0.6 is 0 Å². The van der Waals surface area contributed by atoms with E-state index in [0.717, 1.165) is 45.0 Å². The molecule has 1 amide bonds. The third kappa shape index (κ3) is 2.69. The first-order chi connectivity index (χ1) is 12.3. The van der Waals surface area contributed by atoms with Crippen LogP contribution in [0.2, 0.25) is 0 Å². The summed E-state index contributed by atoms with van der Waals surface area (Å²) in [5.41, 5.74) is -0.274. The van der Waals surface area contributed by atoms with Gasteiger partial charge in [0, 0.05) is 31.4 Å². The predicted molar refractivity (Wildman–Crippen MR) is 90.0 cm³/mol. The number of carbonyl (C=O) groups is 1. The summed E-state index contributed by atoms with van der Waals surface area (Å²) in [6.45, 7) is 5.28. The molecule has 7 heteroatoms. The summed E-state index contributed by atoms with van der Waals surface area (Å²) in [5.74, 6) is 2.34. The molecule has 0 radical (unpaired) electrons. The minimum Gasteiger partial charge on any atom is -0.381 e. The van der Waals surface area contributed by atoms with Gasteiger partial charge in [-0.15, -0.1) is 0 Å². The van der Waals surface area contributed by atoms with Crippen LogP contribution < -0.4 is 4.90 Å². The number of hydrogen-bond acceptors (Lipinski definition) is 6. The van der Waals surface area contributed by atoms with Crippen molar-refractivity contribution in [3.05, 3.63) is 18.6 Å². The molecule has 1 aromatic rings. The summed E-state index contributed by atoms with van der Waals surface area (Å²) in [4.78, 5) is 25.8. The fourth-order valence-electron chi connectivity index (χ4n) is 4.84. The van der Waals surface area contributed by atoms with E-state index in [2.05, 4.69) is 14.9 Å². The van der Waals surface area contributed by atoms with Crippen molar-refractivity contribution in [1.29, 1.82) is 0 Å². The van der Waals surface area contributed by atoms with Gasteiger partial charge in [0.2, 0.25) is 5.91 Å². The van der Waals surface area contributed by atoms with Gasteiger partial charge in [-0.2, -0.15) is 0 Å². The standard InChI is InChI=1S/C18H24N4O3/c23-17(16-13-9-24-10-14(13)16)22-6-7-25-18(12-22)2-1-5-21(11-18)15-8-19-3-4-20-15/h3-4,8,13-14,16H,1-2,5-7,9-12H2/t13-,14+,16?,18?. The lowest BCUT2D eigenvalue weighted by Gasteiger charge is -2.48. The molecule has 0 N–H and O–H groups in total. The predicted octanol–water partition coefficient (Wildman–Crippen LogP) is 0.567. The Morgan fingerprint density at radius 1 is 1.20 bits per heavy atom. The summed E-state index contributed by atoms with van der Waals surface area (Å²) in [6, 6.07) is 0. The molecule has 1 spiro atoms. The van der Waals surface area contributed by atoms with E-state index in [4.69, 9.17) is 9.47 Å². The zero-order valence-corrected chi connectivity index (χ0v) is 14.3. The third-order valence-electron chi connectivity index (χ3n) is 6.21. The van der Waals surface area contributed by atoms with Crippen molar-refractivity contribution in [3.8, 4) is 0 Å². The van der Waals surface area contributed by atoms with Crippen molar-refractivity contribution < 1.29 is 14.3 Å². The SMILES string of the molecule is O=C(C1[C@H]2COC[C@@H]12)N1CCOC2(CCCN(c3cnccn3)C2)C1. The molecule has 5 rings (SSSR count). The van der Waals surface area contributed by atoms with Crippen molar-refractivity contribution in [3.63, 3.8) is 0 Å². The molecule has 4 heterocycles. The van der Waals surface area contributed by atoms with E-state index in [1.807, 2.05) is 4.90 Å². The van der Waals surface area contributed by atoms with Gasteiger partial charge in [0.15, 0.2) is 0 Å². The highest BCUT2D eigenvalue weighted by atomic mass is 16.5. The average Bonchev–Trinajstić information content (AvgIpc) is 3.13. The Kier molecular flexibility index (Phi) is 3.67. The molecule has 3 aliphatic heterocycles. The Labute approximate surface area is 147 Å². The van der Waals surface area contributed by atoms with E-state index in [1.165, 1.54) is 0 Å². The van der Waals surface area contributed by atoms with Crippen LogP contribution in [-0.2, 0) is 14.3 Å². The first-order valence-electron chi connectivity index (χ1n) is 9.27. The Morgan fingerprint density at radius 2 is 2.08 bits per heavy atom. The van der Waals surface area contributed by atoms with Gasteiger partial charge in [0.1, 0.15) is 11.4 Å². The number of anilines is 1. The van der Waals surface area contributed by atoms with E-state index < -0.39 is 0 Å². The summed E-state index contributed by atoms with van der Waals surface area (Å²) in [6.07, 6.45) is 7.25. The quantitative estimate of drug-likeness (QED) is 0.781. The monoisotopic (exact) mass is 344 g/mol. The number of carbonyl (C=O) groups excluding carboxylic acids is 1. The minimum absolute atomic E-state index is 0.198. The normalized spacial score (nSPS) is 37.2. The summed E-state index contributed by atoms with van der Waals surface area (Å²) in [7, 11) is 0. The fourth-order valence-corrected chi connectivity index (χ4v) is 4.84. The number of morpholine rings is 1. The number of hydrogen-bond donors (Lipinski definition) is 0. The highest BCUT2D eigenvalue weighted by Crippen LogP contribution is 2.51. The maximum Gasteiger partial charge on any atom is 0.226 e. The maximum atomic E-state index is 12.9. The van der Waals surface area contributed by atoms with Crippen LogP contribution in [0.3, 0.4) is 0 Å². The second-order valence-electron chi connectivity index (χ2n) is 7.77. The summed E-state index contributed by atoms with van der Waals surface area (Å²) < 4.78 is 11.7. The number of ether oxygens (including phenoxy) is 2. The Morgan fingerprint density at radius 3 is 2.88 bits per heavy atom. The van der Waals surface area contributed by atoms with Gasteiger partial charge in [-0.1, -0.05) is 0 Å². The largest absolute Gasteiger partial charge is 0.381 e. The van der Waals surface area contributed by atoms with Gasteiger partial charge in [0.25, 0.3) is 0 Å². The average molecular weight is 344 g/mol. The molecule has 4 aliphatic rings. The number of rotatable bonds is 2. The zero-order valence-electron chi connectivity index (χ0n) is 14.3. The van der Waals surface area contributed by atoms with Gasteiger partial charge in [-0.05, 0) is 24.7 Å². The molecule has 1 aliphatic carbocycles. The molecule has 4 fully saturated rings. The number of nitrogens with zero attached hydrogens (tertiary/aromatic N) is 4. The van der Waals surface area contributed by atoms with Gasteiger partial charge < -0.3 is 19.3 Å². The first kappa shape index (κ1) is 15.5. The smallest absolute Gasteiger partial charge is 0.226 e. The summed E-state index contributed by atoms with van der Waals surface area (Å²) in [5, 5.41) is 0. The molecule has 7 nitrogen and oxygen atoms in total. The molecular weight excluding hydrogens is 320 g/mol. The fraction of sp³-hybridized carbons (Fsp3) is 0.722. The summed E-state index contributed by atoms with van der Waals surface area (Å²) >= 11 is 0. The molecular formula is C18H24N4O3. The van der Waals surface area contributed by atoms with Crippen LogP contribution in [-0.4, -0.2) is 72.4 Å². The lowest BCUT2D eigenvalue weighted by molar-refractivity contribution is -0.154. The van der Waals surface area contributed by atoms with Crippen molar-refractivity contribution in [2.24, 2.45) is 17.8 Å². The minimum atomic E-state index is -0.274. The topological polar surface area (TPSA) is 67.8 Å². The van der Waals surface area contributed by atoms with Gasteiger partial charge in [0.05, 0.1) is 39.1 Å². The molecule has 1 saturated carbocycles. The maximum absolute atomic E-state index is 12.9. The van der Waals surface area contributed by atoms with Crippen molar-refractivity contribution in [2.45, 2.75) is 18.4 Å². The lowest BCUT2D eigenvalue weighted by Crippen LogP contribution is -2.61. The number of fused-ring (bicyclic) bond motifs is 1. The second-order valence-corrected chi connectivity index (χ2v) is 7.77. The van der Waals surface area contributed by atoms with Gasteiger partial charge >= 0.3 is 0 Å². The van der Waals surface area contributed by atoms with E-state index in [1.54, 1.807) is 18.6 Å². The van der Waals surface area contributed by atoms with Crippen molar-refractivity contribution in [2.75, 3.05) is 50.9 Å². The highest BCUT2D eigenvalue weighted by molar-refractivity contribution is 5.82. The molecule has 4 atom stereocenters. The molecule has 0 aromatic carbocycles. The Hall–Kier alpha value is -1.73. The Bertz CT molecular complexity index is 643. The van der Waals surface area contributed by atoms with Gasteiger partial charge in [-0.3, -0.25) is 9.78 Å². The molecule has 3 saturated heterocycles. The first-order valence-corrected chi connectivity index (χ1v) is 9.27.